The number of carbonyl (C=O) groups excluding carboxylic acids is 1. The number of anilines is 1. The predicted molar refractivity (Wildman–Crippen MR) is 75.5 cm³/mol. The van der Waals surface area contributed by atoms with Crippen molar-refractivity contribution >= 4 is 33.0 Å². The number of H-pyrrole nitrogens is 1. The van der Waals surface area contributed by atoms with E-state index in [1.807, 2.05) is 6.07 Å². The van der Waals surface area contributed by atoms with Gasteiger partial charge in [0.25, 0.3) is 0 Å². The molecule has 0 unspecified atom stereocenters. The second-order valence-electron chi connectivity index (χ2n) is 3.80. The molecule has 1 aromatic carbocycles. The SMILES string of the molecule is CC(=O)c1ccc(NC=C(C#N)c2nn[nH]n2)cc1Br. The van der Waals surface area contributed by atoms with Crippen molar-refractivity contribution in [2.45, 2.75) is 6.92 Å². The minimum absolute atomic E-state index is 0.0246. The molecule has 1 heterocycles. The van der Waals surface area contributed by atoms with Crippen LogP contribution in [0.4, 0.5) is 5.69 Å². The number of carbonyl (C=O) groups is 1. The maximum atomic E-state index is 11.3. The normalized spacial score (nSPS) is 10.9. The molecular weight excluding hydrogens is 324 g/mol. The Balaban J connectivity index is 2.21. The summed E-state index contributed by atoms with van der Waals surface area (Å²) in [6, 6.07) is 7.15. The number of hydrogen-bond acceptors (Lipinski definition) is 6. The van der Waals surface area contributed by atoms with Gasteiger partial charge in [0.2, 0.25) is 5.82 Å². The van der Waals surface area contributed by atoms with E-state index in [9.17, 15) is 4.79 Å². The van der Waals surface area contributed by atoms with Gasteiger partial charge in [0.15, 0.2) is 5.78 Å². The number of allylic oxidation sites excluding steroid dienone is 1. The van der Waals surface area contributed by atoms with Crippen LogP contribution in [-0.4, -0.2) is 26.4 Å². The van der Waals surface area contributed by atoms with Gasteiger partial charge >= 0.3 is 0 Å². The van der Waals surface area contributed by atoms with Gasteiger partial charge in [-0.1, -0.05) is 0 Å². The zero-order valence-corrected chi connectivity index (χ0v) is 12.0. The molecule has 20 heavy (non-hydrogen) atoms. The number of nitriles is 1. The highest BCUT2D eigenvalue weighted by Gasteiger charge is 2.07. The van der Waals surface area contributed by atoms with E-state index in [0.717, 1.165) is 5.69 Å². The first-order valence-electron chi connectivity index (χ1n) is 5.53. The molecule has 0 saturated heterocycles. The van der Waals surface area contributed by atoms with Gasteiger partial charge in [-0.25, -0.2) is 0 Å². The van der Waals surface area contributed by atoms with Crippen molar-refractivity contribution in [2.75, 3.05) is 5.32 Å². The summed E-state index contributed by atoms with van der Waals surface area (Å²) in [5.41, 5.74) is 1.56. The first kappa shape index (κ1) is 13.9. The van der Waals surface area contributed by atoms with E-state index in [1.165, 1.54) is 13.1 Å². The van der Waals surface area contributed by atoms with Crippen molar-refractivity contribution in [1.29, 1.82) is 5.26 Å². The van der Waals surface area contributed by atoms with Crippen LogP contribution in [0.3, 0.4) is 0 Å². The van der Waals surface area contributed by atoms with Crippen molar-refractivity contribution in [1.82, 2.24) is 20.6 Å². The summed E-state index contributed by atoms with van der Waals surface area (Å²) >= 11 is 3.32. The van der Waals surface area contributed by atoms with Crippen molar-refractivity contribution in [3.63, 3.8) is 0 Å². The zero-order chi connectivity index (χ0) is 14.5. The maximum absolute atomic E-state index is 11.3. The number of ketones is 1. The Morgan fingerprint density at radius 1 is 1.55 bits per heavy atom. The minimum Gasteiger partial charge on any atom is -0.360 e. The lowest BCUT2D eigenvalue weighted by atomic mass is 10.1. The molecule has 100 valence electrons. The number of nitrogens with zero attached hydrogens (tertiary/aromatic N) is 4. The number of benzene rings is 1. The molecule has 0 bridgehead atoms. The summed E-state index contributed by atoms with van der Waals surface area (Å²) in [4.78, 5) is 11.3. The van der Waals surface area contributed by atoms with E-state index < -0.39 is 0 Å². The van der Waals surface area contributed by atoms with Gasteiger partial charge in [0.05, 0.1) is 0 Å². The van der Waals surface area contributed by atoms with E-state index in [-0.39, 0.29) is 17.2 Å². The Hall–Kier alpha value is -2.53. The fourth-order valence-electron chi connectivity index (χ4n) is 1.47. The average molecular weight is 333 g/mol. The molecule has 0 radical (unpaired) electrons. The van der Waals surface area contributed by atoms with Crippen LogP contribution < -0.4 is 5.32 Å². The van der Waals surface area contributed by atoms with Gasteiger partial charge < -0.3 is 5.32 Å². The Morgan fingerprint density at radius 3 is 2.90 bits per heavy atom. The van der Waals surface area contributed by atoms with E-state index >= 15 is 0 Å². The van der Waals surface area contributed by atoms with Gasteiger partial charge in [-0.2, -0.15) is 10.5 Å². The van der Waals surface area contributed by atoms with Gasteiger partial charge in [0, 0.05) is 21.9 Å². The fourth-order valence-corrected chi connectivity index (χ4v) is 2.13. The molecule has 2 aromatic rings. The van der Waals surface area contributed by atoms with E-state index in [2.05, 4.69) is 41.9 Å². The van der Waals surface area contributed by atoms with Crippen molar-refractivity contribution in [3.8, 4) is 6.07 Å². The summed E-state index contributed by atoms with van der Waals surface area (Å²) in [5.74, 6) is 0.183. The molecule has 8 heteroatoms. The molecule has 0 saturated carbocycles. The van der Waals surface area contributed by atoms with Crippen LogP contribution in [0.1, 0.15) is 23.1 Å². The monoisotopic (exact) mass is 332 g/mol. The van der Waals surface area contributed by atoms with Crippen molar-refractivity contribution in [2.24, 2.45) is 0 Å². The van der Waals surface area contributed by atoms with Crippen LogP contribution in [0.2, 0.25) is 0 Å². The highest BCUT2D eigenvalue weighted by molar-refractivity contribution is 9.10. The summed E-state index contributed by atoms with van der Waals surface area (Å²) in [7, 11) is 0. The zero-order valence-electron chi connectivity index (χ0n) is 10.4. The second-order valence-corrected chi connectivity index (χ2v) is 4.65. The van der Waals surface area contributed by atoms with E-state index in [1.54, 1.807) is 18.2 Å². The Kier molecular flexibility index (Phi) is 4.22. The highest BCUT2D eigenvalue weighted by atomic mass is 79.9. The molecule has 0 aliphatic rings. The third-order valence-electron chi connectivity index (χ3n) is 2.44. The van der Waals surface area contributed by atoms with Crippen molar-refractivity contribution < 1.29 is 4.79 Å². The number of nitrogens with one attached hydrogen (secondary N) is 2. The fraction of sp³-hybridized carbons (Fsp3) is 0.0833. The smallest absolute Gasteiger partial charge is 0.216 e. The van der Waals surface area contributed by atoms with Gasteiger partial charge in [-0.05, 0) is 46.3 Å². The minimum atomic E-state index is -0.0246. The summed E-state index contributed by atoms with van der Waals surface area (Å²) in [5, 5.41) is 25.1. The quantitative estimate of drug-likeness (QED) is 0.656. The number of halogens is 1. The molecule has 0 aliphatic heterocycles. The van der Waals surface area contributed by atoms with E-state index in [4.69, 9.17) is 5.26 Å². The molecule has 0 amide bonds. The molecule has 0 fully saturated rings. The first-order valence-corrected chi connectivity index (χ1v) is 6.32. The Morgan fingerprint density at radius 2 is 2.35 bits per heavy atom. The van der Waals surface area contributed by atoms with Crippen LogP contribution in [0.5, 0.6) is 0 Å². The largest absolute Gasteiger partial charge is 0.360 e. The van der Waals surface area contributed by atoms with Crippen LogP contribution in [0, 0.1) is 11.3 Å². The predicted octanol–water partition coefficient (Wildman–Crippen LogP) is 2.14. The van der Waals surface area contributed by atoms with Gasteiger partial charge in [-0.15, -0.1) is 10.2 Å². The number of Topliss-reactive ketones (excluding diaryl/α,β-unsaturated/α-hetero) is 1. The number of hydrogen-bond donors (Lipinski definition) is 2. The number of aromatic nitrogens is 4. The van der Waals surface area contributed by atoms with Crippen LogP contribution >= 0.6 is 15.9 Å². The molecule has 2 N–H and O–H groups in total. The first-order chi connectivity index (χ1) is 9.61. The van der Waals surface area contributed by atoms with Crippen molar-refractivity contribution in [3.05, 3.63) is 40.3 Å². The van der Waals surface area contributed by atoms with Crippen LogP contribution in [0.25, 0.3) is 5.57 Å². The molecule has 7 nitrogen and oxygen atoms in total. The molecule has 2 rings (SSSR count). The standard InChI is InChI=1S/C12H9BrN6O/c1-7(20)10-3-2-9(4-11(10)13)15-6-8(5-14)12-16-18-19-17-12/h2-4,6,15H,1H3,(H,16,17,18,19). The van der Waals surface area contributed by atoms with Crippen LogP contribution in [-0.2, 0) is 0 Å². The lowest BCUT2D eigenvalue weighted by molar-refractivity contribution is 0.101. The molecule has 0 aliphatic carbocycles. The summed E-state index contributed by atoms with van der Waals surface area (Å²) in [6.07, 6.45) is 1.47. The Labute approximate surface area is 122 Å². The van der Waals surface area contributed by atoms with Crippen LogP contribution in [0.15, 0.2) is 28.9 Å². The topological polar surface area (TPSA) is 107 Å². The second kappa shape index (κ2) is 6.08. The third-order valence-corrected chi connectivity index (χ3v) is 3.09. The van der Waals surface area contributed by atoms with E-state index in [0.29, 0.717) is 10.0 Å². The molecule has 1 aromatic heterocycles. The lowest BCUT2D eigenvalue weighted by Crippen LogP contribution is -1.96. The number of tetrazole rings is 1. The maximum Gasteiger partial charge on any atom is 0.216 e. The highest BCUT2D eigenvalue weighted by Crippen LogP contribution is 2.22. The molecular formula is C12H9BrN6O. The van der Waals surface area contributed by atoms with Gasteiger partial charge in [-0.3, -0.25) is 4.79 Å². The third kappa shape index (κ3) is 3.07. The molecule has 0 atom stereocenters. The summed E-state index contributed by atoms with van der Waals surface area (Å²) < 4.78 is 0.682. The lowest BCUT2D eigenvalue weighted by Gasteiger charge is -2.05. The Bertz CT molecular complexity index is 701. The molecule has 0 spiro atoms. The average Bonchev–Trinajstić information content (AvgIpc) is 2.93. The summed E-state index contributed by atoms with van der Waals surface area (Å²) in [6.45, 7) is 1.50. The number of aromatic amines is 1. The number of rotatable bonds is 4. The van der Waals surface area contributed by atoms with Gasteiger partial charge in [0.1, 0.15) is 11.6 Å².